The molecule has 0 unspecified atom stereocenters. The standard InChI is InChI=1S/C45H56N12O7/c1-29-34(43(60)50-38-14-15-40(62-4)54-53-38)10-7-11-36(29)46-16-22-63-24-25-64-23-17-47-39(59)28-55-18-20-56(21-19-55)33-12-13-37(48-26-33)51-45-49-27-35-30(2)41(31(3)58)44(61)57(42(35)52-45)32-8-5-6-9-32/h7,10-15,26-27,32,46H,5-6,8-9,16-25,28H2,1-4H3,(H,47,59)(H,50,53,60)(H,48,49,51,52). The van der Waals surface area contributed by atoms with Crippen LogP contribution in [0.4, 0.5) is 29.0 Å². The van der Waals surface area contributed by atoms with Gasteiger partial charge in [-0.25, -0.2) is 9.97 Å². The van der Waals surface area contributed by atoms with Gasteiger partial charge in [-0.2, -0.15) is 4.98 Å². The molecule has 0 spiro atoms. The number of ether oxygens (including phenoxy) is 3. The Hall–Kier alpha value is -6.57. The van der Waals surface area contributed by atoms with Gasteiger partial charge in [0, 0.05) is 74.2 Å². The Morgan fingerprint density at radius 2 is 1.58 bits per heavy atom. The quantitative estimate of drug-likeness (QED) is 0.0633. The number of carbonyl (C=O) groups excluding carboxylic acids is 3. The molecule has 5 aromatic rings. The molecule has 1 aliphatic carbocycles. The molecule has 338 valence electrons. The maximum atomic E-state index is 13.6. The number of anilines is 5. The van der Waals surface area contributed by atoms with Crippen molar-refractivity contribution in [1.29, 1.82) is 0 Å². The summed E-state index contributed by atoms with van der Waals surface area (Å²) in [6, 6.07) is 12.6. The zero-order valence-electron chi connectivity index (χ0n) is 36.8. The Kier molecular flexibility index (Phi) is 15.4. The molecule has 2 fully saturated rings. The van der Waals surface area contributed by atoms with Crippen molar-refractivity contribution in [1.82, 2.24) is 39.9 Å². The predicted octanol–water partition coefficient (Wildman–Crippen LogP) is 4.30. The van der Waals surface area contributed by atoms with Crippen LogP contribution in [0.5, 0.6) is 5.88 Å². The number of hydrogen-bond donors (Lipinski definition) is 4. The van der Waals surface area contributed by atoms with Crippen molar-refractivity contribution in [3.05, 3.63) is 87.5 Å². The van der Waals surface area contributed by atoms with Crippen LogP contribution >= 0.6 is 0 Å². The highest BCUT2D eigenvalue weighted by Gasteiger charge is 2.26. The van der Waals surface area contributed by atoms with Crippen LogP contribution in [-0.4, -0.2) is 132 Å². The molecule has 2 aliphatic rings. The van der Waals surface area contributed by atoms with Crippen LogP contribution < -0.4 is 36.5 Å². The predicted molar refractivity (Wildman–Crippen MR) is 243 cm³/mol. The highest BCUT2D eigenvalue weighted by atomic mass is 16.5. The first-order valence-corrected chi connectivity index (χ1v) is 21.7. The molecule has 0 radical (unpaired) electrons. The molecule has 2 amide bonds. The maximum Gasteiger partial charge on any atom is 0.263 e. The topological polar surface area (TPSA) is 220 Å². The number of aryl methyl sites for hydroxylation is 1. The molecule has 19 heteroatoms. The maximum absolute atomic E-state index is 13.6. The highest BCUT2D eigenvalue weighted by Crippen LogP contribution is 2.32. The van der Waals surface area contributed by atoms with Gasteiger partial charge in [0.15, 0.2) is 11.6 Å². The number of pyridine rings is 2. The minimum absolute atomic E-state index is 0.00188. The summed E-state index contributed by atoms with van der Waals surface area (Å²) >= 11 is 0. The van der Waals surface area contributed by atoms with Crippen molar-refractivity contribution in [2.24, 2.45) is 0 Å². The van der Waals surface area contributed by atoms with Crippen molar-refractivity contribution < 1.29 is 28.6 Å². The lowest BCUT2D eigenvalue weighted by atomic mass is 10.0. The first-order chi connectivity index (χ1) is 31.1. The summed E-state index contributed by atoms with van der Waals surface area (Å²) in [7, 11) is 1.50. The van der Waals surface area contributed by atoms with Gasteiger partial charge in [-0.1, -0.05) is 18.9 Å². The SMILES string of the molecule is COc1ccc(NC(=O)c2cccc(NCCOCCOCCNC(=O)CN3CCN(c4ccc(Nc5ncc6c(C)c(C(C)=O)c(=O)n(C7CCCC7)c6n5)nc4)CC3)c2C)nn1. The van der Waals surface area contributed by atoms with E-state index < -0.39 is 0 Å². The number of Topliss-reactive ketones (excluding diaryl/α,β-unsaturated/α-hetero) is 1. The molecule has 0 atom stereocenters. The van der Waals surface area contributed by atoms with Gasteiger partial charge in [0.25, 0.3) is 11.5 Å². The van der Waals surface area contributed by atoms with E-state index in [4.69, 9.17) is 19.2 Å². The van der Waals surface area contributed by atoms with Crippen molar-refractivity contribution in [3.63, 3.8) is 0 Å². The average molecular weight is 877 g/mol. The summed E-state index contributed by atoms with van der Waals surface area (Å²) in [6.07, 6.45) is 7.29. The molecule has 19 nitrogen and oxygen atoms in total. The smallest absolute Gasteiger partial charge is 0.263 e. The van der Waals surface area contributed by atoms with Crippen LogP contribution in [0.2, 0.25) is 0 Å². The van der Waals surface area contributed by atoms with Crippen LogP contribution in [0, 0.1) is 13.8 Å². The van der Waals surface area contributed by atoms with Crippen molar-refractivity contribution in [2.75, 3.05) is 100 Å². The van der Waals surface area contributed by atoms with E-state index in [1.165, 1.54) is 14.0 Å². The lowest BCUT2D eigenvalue weighted by Crippen LogP contribution is -2.49. The molecule has 1 saturated carbocycles. The van der Waals surface area contributed by atoms with Gasteiger partial charge >= 0.3 is 0 Å². The van der Waals surface area contributed by atoms with Crippen LogP contribution in [0.3, 0.4) is 0 Å². The second kappa shape index (κ2) is 21.7. The number of methoxy groups -OCH3 is 1. The van der Waals surface area contributed by atoms with E-state index in [1.54, 1.807) is 42.1 Å². The number of aromatic nitrogens is 6. The third-order valence-corrected chi connectivity index (χ3v) is 11.5. The Morgan fingerprint density at radius 3 is 2.27 bits per heavy atom. The molecular weight excluding hydrogens is 821 g/mol. The number of carbonyl (C=O) groups is 3. The van der Waals surface area contributed by atoms with E-state index in [1.807, 2.05) is 31.2 Å². The molecule has 4 aromatic heterocycles. The van der Waals surface area contributed by atoms with E-state index in [2.05, 4.69) is 51.2 Å². The van der Waals surface area contributed by atoms with Crippen molar-refractivity contribution >= 4 is 57.6 Å². The fourth-order valence-electron chi connectivity index (χ4n) is 8.09. The van der Waals surface area contributed by atoms with E-state index in [0.717, 1.165) is 68.8 Å². The van der Waals surface area contributed by atoms with Gasteiger partial charge in [-0.05, 0) is 75.1 Å². The van der Waals surface area contributed by atoms with E-state index in [9.17, 15) is 19.2 Å². The summed E-state index contributed by atoms with van der Waals surface area (Å²) < 4.78 is 18.1. The van der Waals surface area contributed by atoms with Crippen LogP contribution in [0.15, 0.2) is 59.7 Å². The van der Waals surface area contributed by atoms with Crippen LogP contribution in [-0.2, 0) is 14.3 Å². The Labute approximate surface area is 371 Å². The Balaban J connectivity index is 0.763. The minimum atomic E-state index is -0.289. The lowest BCUT2D eigenvalue weighted by molar-refractivity contribution is -0.122. The molecule has 1 aliphatic heterocycles. The number of rotatable bonds is 20. The van der Waals surface area contributed by atoms with Gasteiger partial charge < -0.3 is 40.4 Å². The second-order valence-electron chi connectivity index (χ2n) is 15.8. The lowest BCUT2D eigenvalue weighted by Gasteiger charge is -2.35. The van der Waals surface area contributed by atoms with Crippen molar-refractivity contribution in [3.8, 4) is 5.88 Å². The minimum Gasteiger partial charge on any atom is -0.480 e. The summed E-state index contributed by atoms with van der Waals surface area (Å²) in [4.78, 5) is 69.8. The number of fused-ring (bicyclic) bond motifs is 1. The molecule has 5 heterocycles. The number of nitrogens with zero attached hydrogens (tertiary/aromatic N) is 8. The molecule has 7 rings (SSSR count). The number of amides is 2. The van der Waals surface area contributed by atoms with Gasteiger partial charge in [0.05, 0.1) is 57.5 Å². The second-order valence-corrected chi connectivity index (χ2v) is 15.8. The van der Waals surface area contributed by atoms with Crippen LogP contribution in [0.25, 0.3) is 11.0 Å². The molecule has 64 heavy (non-hydrogen) atoms. The van der Waals surface area contributed by atoms with E-state index in [0.29, 0.717) is 91.7 Å². The fraction of sp³-hybridized carbons (Fsp3) is 0.444. The number of hydrogen-bond acceptors (Lipinski definition) is 16. The van der Waals surface area contributed by atoms with Gasteiger partial charge in [0.1, 0.15) is 11.5 Å². The third-order valence-electron chi connectivity index (χ3n) is 11.5. The third kappa shape index (κ3) is 11.3. The molecule has 1 aromatic carbocycles. The van der Waals surface area contributed by atoms with E-state index >= 15 is 0 Å². The van der Waals surface area contributed by atoms with Gasteiger partial charge in [-0.15, -0.1) is 10.2 Å². The summed E-state index contributed by atoms with van der Waals surface area (Å²) in [5, 5.41) is 20.7. The molecular formula is C45H56N12O7. The van der Waals surface area contributed by atoms with Gasteiger partial charge in [0.2, 0.25) is 17.7 Å². The Bertz CT molecular complexity index is 2470. The number of piperazine rings is 1. The average Bonchev–Trinajstić information content (AvgIpc) is 3.83. The monoisotopic (exact) mass is 876 g/mol. The fourth-order valence-corrected chi connectivity index (χ4v) is 8.09. The molecule has 4 N–H and O–H groups in total. The Morgan fingerprint density at radius 1 is 0.828 bits per heavy atom. The van der Waals surface area contributed by atoms with E-state index in [-0.39, 0.29) is 34.8 Å². The zero-order chi connectivity index (χ0) is 45.0. The van der Waals surface area contributed by atoms with Crippen LogP contribution in [0.1, 0.15) is 70.5 Å². The first kappa shape index (κ1) is 45.5. The number of ketones is 1. The number of nitrogens with one attached hydrogen (secondary N) is 4. The highest BCUT2D eigenvalue weighted by molar-refractivity contribution is 6.05. The van der Waals surface area contributed by atoms with Gasteiger partial charge in [-0.3, -0.25) is 28.6 Å². The normalized spacial score (nSPS) is 14.4. The molecule has 0 bridgehead atoms. The first-order valence-electron chi connectivity index (χ1n) is 21.7. The number of benzene rings is 1. The zero-order valence-corrected chi connectivity index (χ0v) is 36.8. The summed E-state index contributed by atoms with van der Waals surface area (Å²) in [5.74, 6) is 0.989. The molecule has 1 saturated heterocycles. The van der Waals surface area contributed by atoms with Crippen molar-refractivity contribution in [2.45, 2.75) is 52.5 Å². The largest absolute Gasteiger partial charge is 0.480 e. The summed E-state index contributed by atoms with van der Waals surface area (Å²) in [6.45, 7) is 10.9. The summed E-state index contributed by atoms with van der Waals surface area (Å²) in [5.41, 5.74) is 4.17.